The molecule has 2 aromatic carbocycles. The van der Waals surface area contributed by atoms with E-state index in [1.54, 1.807) is 0 Å². The van der Waals surface area contributed by atoms with Crippen LogP contribution in [0.5, 0.6) is 0 Å². The number of likely N-dealkylation sites (tertiary alicyclic amines) is 1. The number of nitrogens with zero attached hydrogens (tertiary/aromatic N) is 3. The number of benzene rings is 2. The number of carbonyl (C=O) groups is 2. The number of hydrogen-bond donors (Lipinski definition) is 1. The van der Waals surface area contributed by atoms with Gasteiger partial charge < -0.3 is 19.7 Å². The molecule has 2 amide bonds. The highest BCUT2D eigenvalue weighted by Gasteiger charge is 2.29. The van der Waals surface area contributed by atoms with Gasteiger partial charge in [0.25, 0.3) is 5.91 Å². The number of rotatable bonds is 6. The summed E-state index contributed by atoms with van der Waals surface area (Å²) in [6.45, 7) is 1.65. The molecule has 0 radical (unpaired) electrons. The molecule has 6 nitrogen and oxygen atoms in total. The highest BCUT2D eigenvalue weighted by molar-refractivity contribution is 7.16. The summed E-state index contributed by atoms with van der Waals surface area (Å²) < 4.78 is 2.12. The highest BCUT2D eigenvalue weighted by atomic mass is 32.1. The van der Waals surface area contributed by atoms with Crippen molar-refractivity contribution in [2.24, 2.45) is 5.92 Å². The van der Waals surface area contributed by atoms with Crippen LogP contribution in [-0.4, -0.2) is 48.5 Å². The van der Waals surface area contributed by atoms with Crippen molar-refractivity contribution in [2.75, 3.05) is 32.1 Å². The number of aromatic nitrogens is 1. The molecule has 0 aliphatic carbocycles. The van der Waals surface area contributed by atoms with E-state index in [1.165, 1.54) is 16.7 Å². The molecule has 0 saturated carbocycles. The minimum absolute atomic E-state index is 0.00878. The first-order valence-corrected chi connectivity index (χ1v) is 12.8. The van der Waals surface area contributed by atoms with Gasteiger partial charge >= 0.3 is 0 Å². The minimum atomic E-state index is -0.179. The first kappa shape index (κ1) is 23.2. The third-order valence-electron chi connectivity index (χ3n) is 6.64. The molecule has 5 rings (SSSR count). The molecule has 180 valence electrons. The van der Waals surface area contributed by atoms with E-state index in [0.29, 0.717) is 24.5 Å². The fourth-order valence-electron chi connectivity index (χ4n) is 4.62. The van der Waals surface area contributed by atoms with Gasteiger partial charge in [0.15, 0.2) is 0 Å². The fraction of sp³-hybridized carbons (Fsp3) is 0.286. The number of carbonyl (C=O) groups excluding carboxylic acids is 2. The Hall–Kier alpha value is -3.58. The Labute approximate surface area is 209 Å². The van der Waals surface area contributed by atoms with Gasteiger partial charge in [-0.3, -0.25) is 9.59 Å². The Morgan fingerprint density at radius 1 is 1.03 bits per heavy atom. The van der Waals surface area contributed by atoms with Gasteiger partial charge in [-0.1, -0.05) is 30.3 Å². The number of anilines is 1. The Morgan fingerprint density at radius 3 is 2.63 bits per heavy atom. The SMILES string of the molecule is CN(C)c1ccc(CNC(=O)C2CCCN(C(=O)c3ccc(-n4ccc5ccccc54)s3)C2)cc1. The molecule has 1 saturated heterocycles. The van der Waals surface area contributed by atoms with Crippen LogP contribution in [-0.2, 0) is 11.3 Å². The van der Waals surface area contributed by atoms with Crippen LogP contribution in [0.2, 0.25) is 0 Å². The van der Waals surface area contributed by atoms with Crippen LogP contribution in [0.25, 0.3) is 15.9 Å². The molecule has 1 fully saturated rings. The summed E-state index contributed by atoms with van der Waals surface area (Å²) >= 11 is 1.50. The Kier molecular flexibility index (Phi) is 6.59. The maximum absolute atomic E-state index is 13.3. The summed E-state index contributed by atoms with van der Waals surface area (Å²) in [5.41, 5.74) is 3.32. The lowest BCUT2D eigenvalue weighted by Gasteiger charge is -2.31. The smallest absolute Gasteiger partial charge is 0.264 e. The van der Waals surface area contributed by atoms with Crippen LogP contribution in [0.1, 0.15) is 28.1 Å². The standard InChI is InChI=1S/C28H30N4O2S/c1-30(2)23-11-9-20(10-12-23)18-29-27(33)22-7-5-16-31(19-22)28(34)25-13-14-26(35-25)32-17-15-21-6-3-4-8-24(21)32/h3-4,6,8-15,17,22H,5,7,16,18-19H2,1-2H3,(H,29,33). The number of thiophene rings is 1. The number of amides is 2. The average Bonchev–Trinajstić information content (AvgIpc) is 3.54. The van der Waals surface area contributed by atoms with E-state index in [1.807, 2.05) is 78.6 Å². The predicted molar refractivity (Wildman–Crippen MR) is 142 cm³/mol. The zero-order valence-electron chi connectivity index (χ0n) is 20.1. The summed E-state index contributed by atoms with van der Waals surface area (Å²) in [5, 5.41) is 5.25. The van der Waals surface area contributed by atoms with Gasteiger partial charge in [-0.25, -0.2) is 0 Å². The molecular weight excluding hydrogens is 456 g/mol. The topological polar surface area (TPSA) is 57.6 Å². The van der Waals surface area contributed by atoms with Crippen molar-refractivity contribution in [1.29, 1.82) is 0 Å². The van der Waals surface area contributed by atoms with Crippen LogP contribution in [0, 0.1) is 5.92 Å². The van der Waals surface area contributed by atoms with Crippen molar-refractivity contribution in [3.63, 3.8) is 0 Å². The van der Waals surface area contributed by atoms with Gasteiger partial charge in [-0.05, 0) is 60.2 Å². The number of nitrogens with one attached hydrogen (secondary N) is 1. The van der Waals surface area contributed by atoms with Gasteiger partial charge in [0.1, 0.15) is 5.00 Å². The molecule has 0 spiro atoms. The van der Waals surface area contributed by atoms with E-state index in [-0.39, 0.29) is 17.7 Å². The number of hydrogen-bond acceptors (Lipinski definition) is 4. The fourth-order valence-corrected chi connectivity index (χ4v) is 5.60. The van der Waals surface area contributed by atoms with Crippen molar-refractivity contribution < 1.29 is 9.59 Å². The zero-order chi connectivity index (χ0) is 24.4. The van der Waals surface area contributed by atoms with E-state index in [9.17, 15) is 9.59 Å². The summed E-state index contributed by atoms with van der Waals surface area (Å²) in [7, 11) is 4.01. The largest absolute Gasteiger partial charge is 0.378 e. The molecular formula is C28H30N4O2S. The molecule has 4 aromatic rings. The van der Waals surface area contributed by atoms with Crippen LogP contribution in [0.15, 0.2) is 72.9 Å². The van der Waals surface area contributed by atoms with Crippen LogP contribution in [0.3, 0.4) is 0 Å². The Bertz CT molecular complexity index is 1340. The molecule has 1 aliphatic heterocycles. The van der Waals surface area contributed by atoms with Crippen LogP contribution < -0.4 is 10.2 Å². The van der Waals surface area contributed by atoms with E-state index in [4.69, 9.17) is 0 Å². The first-order valence-electron chi connectivity index (χ1n) is 12.0. The summed E-state index contributed by atoms with van der Waals surface area (Å²) in [6.07, 6.45) is 3.68. The van der Waals surface area contributed by atoms with Gasteiger partial charge in [0.05, 0.1) is 16.3 Å². The van der Waals surface area contributed by atoms with Crippen LogP contribution in [0.4, 0.5) is 5.69 Å². The van der Waals surface area contributed by atoms with E-state index in [2.05, 4.69) is 28.1 Å². The lowest BCUT2D eigenvalue weighted by molar-refractivity contribution is -0.126. The number of fused-ring (bicyclic) bond motifs is 1. The highest BCUT2D eigenvalue weighted by Crippen LogP contribution is 2.28. The summed E-state index contributed by atoms with van der Waals surface area (Å²) in [5.74, 6) is -0.152. The molecule has 1 N–H and O–H groups in total. The molecule has 0 bridgehead atoms. The summed E-state index contributed by atoms with van der Waals surface area (Å²) in [6, 6.07) is 22.4. The molecule has 1 atom stereocenters. The minimum Gasteiger partial charge on any atom is -0.378 e. The molecule has 3 heterocycles. The van der Waals surface area contributed by atoms with Crippen molar-refractivity contribution in [3.05, 3.63) is 83.4 Å². The molecule has 35 heavy (non-hydrogen) atoms. The predicted octanol–water partition coefficient (Wildman–Crippen LogP) is 4.93. The third-order valence-corrected chi connectivity index (χ3v) is 7.71. The van der Waals surface area contributed by atoms with Crippen molar-refractivity contribution in [2.45, 2.75) is 19.4 Å². The van der Waals surface area contributed by atoms with Gasteiger partial charge in [-0.2, -0.15) is 0 Å². The molecule has 1 unspecified atom stereocenters. The molecule has 7 heteroatoms. The van der Waals surface area contributed by atoms with Gasteiger partial charge in [0.2, 0.25) is 5.91 Å². The van der Waals surface area contributed by atoms with E-state index in [0.717, 1.165) is 34.6 Å². The summed E-state index contributed by atoms with van der Waals surface area (Å²) in [4.78, 5) is 30.7. The van der Waals surface area contributed by atoms with Gasteiger partial charge in [-0.15, -0.1) is 11.3 Å². The van der Waals surface area contributed by atoms with Crippen molar-refractivity contribution in [3.8, 4) is 5.00 Å². The number of piperidine rings is 1. The zero-order valence-corrected chi connectivity index (χ0v) is 20.9. The van der Waals surface area contributed by atoms with Crippen molar-refractivity contribution in [1.82, 2.24) is 14.8 Å². The second-order valence-electron chi connectivity index (χ2n) is 9.25. The van der Waals surface area contributed by atoms with E-state index < -0.39 is 0 Å². The molecule has 2 aromatic heterocycles. The van der Waals surface area contributed by atoms with Crippen molar-refractivity contribution >= 4 is 39.7 Å². The number of para-hydroxylation sites is 1. The van der Waals surface area contributed by atoms with E-state index >= 15 is 0 Å². The van der Waals surface area contributed by atoms with Crippen LogP contribution >= 0.6 is 11.3 Å². The monoisotopic (exact) mass is 486 g/mol. The maximum Gasteiger partial charge on any atom is 0.264 e. The lowest BCUT2D eigenvalue weighted by atomic mass is 9.97. The Balaban J connectivity index is 1.21. The lowest BCUT2D eigenvalue weighted by Crippen LogP contribution is -2.45. The van der Waals surface area contributed by atoms with Gasteiger partial charge in [0, 0.05) is 45.6 Å². The quantitative estimate of drug-likeness (QED) is 0.421. The Morgan fingerprint density at radius 2 is 1.83 bits per heavy atom. The second kappa shape index (κ2) is 9.96. The first-order chi connectivity index (χ1) is 17.0. The third kappa shape index (κ3) is 4.95. The maximum atomic E-state index is 13.3. The second-order valence-corrected chi connectivity index (χ2v) is 10.3. The average molecular weight is 487 g/mol. The normalized spacial score (nSPS) is 15.8. The molecule has 1 aliphatic rings.